The van der Waals surface area contributed by atoms with Gasteiger partial charge in [0.25, 0.3) is 11.8 Å². The van der Waals surface area contributed by atoms with Gasteiger partial charge in [0.1, 0.15) is 92.5 Å². The van der Waals surface area contributed by atoms with Gasteiger partial charge in [0.2, 0.25) is 58.4 Å². The minimum Gasteiger partial charge on any atom is -0.497 e. The van der Waals surface area contributed by atoms with Gasteiger partial charge in [0.15, 0.2) is 23.1 Å². The molecule has 2 aliphatic carbocycles. The fourth-order valence-corrected chi connectivity index (χ4v) is 17.7. The molecule has 16 rings (SSSR count). The van der Waals surface area contributed by atoms with Crippen molar-refractivity contribution in [2.45, 2.75) is 239 Å². The molecule has 6 aliphatic heterocycles. The Balaban J connectivity index is 0.000000162. The summed E-state index contributed by atoms with van der Waals surface area (Å²) >= 11 is 0. The zero-order valence-corrected chi connectivity index (χ0v) is 82.9. The first kappa shape index (κ1) is 108. The molecular weight excluding hydrogens is 1860 g/mol. The highest BCUT2D eigenvalue weighted by atomic mass is 16.6. The fraction of sp³-hybridized carbons (Fsp3) is 0.431. The first-order valence-corrected chi connectivity index (χ1v) is 48.9. The molecule has 0 bridgehead atoms. The molecule has 12 N–H and O–H groups in total. The number of carbonyl (C=O) groups excluding carboxylic acids is 14. The van der Waals surface area contributed by atoms with Gasteiger partial charge in [-0.25, -0.2) is 0 Å². The van der Waals surface area contributed by atoms with Gasteiger partial charge in [-0.3, -0.25) is 76.7 Å². The van der Waals surface area contributed by atoms with Crippen LogP contribution in [0, 0.1) is 5.92 Å². The number of hydrogen-bond donors (Lipinski definition) is 12. The second-order valence-corrected chi connectivity index (χ2v) is 38.7. The second kappa shape index (κ2) is 49.1. The minimum absolute atomic E-state index is 0.0395. The average Bonchev–Trinajstić information content (AvgIpc) is 1.64. The first-order valence-electron chi connectivity index (χ1n) is 48.9. The summed E-state index contributed by atoms with van der Waals surface area (Å²) in [6.07, 6.45) is 12.8. The number of pyridine rings is 2. The van der Waals surface area contributed by atoms with Gasteiger partial charge in [-0.1, -0.05) is 159 Å². The van der Waals surface area contributed by atoms with E-state index in [1.54, 1.807) is 124 Å². The third kappa shape index (κ3) is 30.7. The number of carbonyl (C=O) groups is 14. The van der Waals surface area contributed by atoms with E-state index in [9.17, 15) is 76.7 Å². The molecule has 768 valence electrons. The number of hydrogen-bond acceptors (Lipinski definition) is 24. The Bertz CT molecular complexity index is 6110. The SMILES string of the molecule is COc1ccc(CC(NC(=O)C2(C)CCC(=O)N2)C(=O)NC(Cc2ccccc2)C(=O)C2(C)CO2)cc1.COc1ccc(CC(NC(=O)C2CCC(=O)N2)C(=O)NC(Cc2ccccc2)C(=O)C2(C)CO2)cc1.COc1ccc(CC(NC(=O)c2cccc(=O)[nH]2)C(=O)NC(CC2=CCCC2)C(=O)C2(C)CO2)cc1.COc1ccc(CC(NC(=O)c2cccc(=O)[nH]2)C(=O)NC(CC2CCCC2)C(=O)C2(C)CO2)cc1. The highest BCUT2D eigenvalue weighted by Gasteiger charge is 2.55. The molecule has 6 saturated heterocycles. The number of methoxy groups -OCH3 is 4. The maximum atomic E-state index is 13.6. The molecule has 2 aromatic heterocycles. The summed E-state index contributed by atoms with van der Waals surface area (Å²) in [6.45, 7) is 9.80. The van der Waals surface area contributed by atoms with Gasteiger partial charge in [-0.05, 0) is 192 Å². The molecule has 14 unspecified atom stereocenters. The molecule has 145 heavy (non-hydrogen) atoms. The number of amides is 10. The number of aromatic amines is 2. The second-order valence-electron chi connectivity index (χ2n) is 38.7. The molecule has 14 atom stereocenters. The predicted octanol–water partition coefficient (Wildman–Crippen LogP) is 6.78. The van der Waals surface area contributed by atoms with Crippen LogP contribution in [0.3, 0.4) is 0 Å². The van der Waals surface area contributed by atoms with E-state index in [0.717, 1.165) is 83.9 Å². The topological polar surface area (TPSA) is 512 Å². The number of aromatic nitrogens is 2. The molecule has 0 radical (unpaired) electrons. The summed E-state index contributed by atoms with van der Waals surface area (Å²) in [5.74, 6) is -2.08. The lowest BCUT2D eigenvalue weighted by molar-refractivity contribution is -0.135. The Labute approximate surface area is 840 Å². The normalized spacial score (nSPS) is 21.8. The average molecular weight is 1990 g/mol. The number of rotatable bonds is 44. The van der Waals surface area contributed by atoms with Crippen molar-refractivity contribution in [1.82, 2.24) is 63.1 Å². The van der Waals surface area contributed by atoms with E-state index in [2.05, 4.69) is 69.2 Å². The first-order chi connectivity index (χ1) is 69.4. The summed E-state index contributed by atoms with van der Waals surface area (Å²) in [7, 11) is 6.26. The van der Waals surface area contributed by atoms with Crippen molar-refractivity contribution in [3.63, 3.8) is 0 Å². The molecule has 0 spiro atoms. The van der Waals surface area contributed by atoms with Crippen LogP contribution in [0.1, 0.15) is 172 Å². The van der Waals surface area contributed by atoms with E-state index in [4.69, 9.17) is 37.9 Å². The van der Waals surface area contributed by atoms with Crippen LogP contribution in [-0.2, 0) is 115 Å². The molecule has 7 fully saturated rings. The lowest BCUT2D eigenvalue weighted by Gasteiger charge is -2.28. The summed E-state index contributed by atoms with van der Waals surface area (Å²) in [5, 5.41) is 27.9. The third-order valence-corrected chi connectivity index (χ3v) is 27.1. The van der Waals surface area contributed by atoms with Gasteiger partial charge >= 0.3 is 0 Å². The highest BCUT2D eigenvalue weighted by molar-refractivity contribution is 6.04. The smallest absolute Gasteiger partial charge is 0.268 e. The van der Waals surface area contributed by atoms with Crippen molar-refractivity contribution >= 4 is 82.2 Å². The molecular formula is C109H128N12O24. The zero-order valence-electron chi connectivity index (χ0n) is 82.9. The van der Waals surface area contributed by atoms with E-state index in [0.29, 0.717) is 93.9 Å². The van der Waals surface area contributed by atoms with Gasteiger partial charge in [-0.15, -0.1) is 0 Å². The van der Waals surface area contributed by atoms with Crippen LogP contribution in [0.5, 0.6) is 23.0 Å². The van der Waals surface area contributed by atoms with Crippen molar-refractivity contribution < 1.29 is 105 Å². The van der Waals surface area contributed by atoms with Gasteiger partial charge in [0.05, 0.1) is 79.0 Å². The van der Waals surface area contributed by atoms with Crippen LogP contribution >= 0.6 is 0 Å². The minimum atomic E-state index is -1.11. The molecule has 10 amide bonds. The number of ketones is 4. The van der Waals surface area contributed by atoms with E-state index < -0.39 is 141 Å². The molecule has 8 aromatic rings. The summed E-state index contributed by atoms with van der Waals surface area (Å²) in [6, 6.07) is 48.3. The third-order valence-electron chi connectivity index (χ3n) is 27.1. The Morgan fingerprint density at radius 2 is 0.690 bits per heavy atom. The van der Waals surface area contributed by atoms with Crippen LogP contribution in [-0.4, -0.2) is 229 Å². The number of epoxide rings is 4. The van der Waals surface area contributed by atoms with Crippen molar-refractivity contribution in [1.29, 1.82) is 0 Å². The molecule has 36 heteroatoms. The van der Waals surface area contributed by atoms with Crippen molar-refractivity contribution in [3.8, 4) is 23.0 Å². The number of ether oxygens (including phenoxy) is 8. The maximum absolute atomic E-state index is 13.6. The predicted molar refractivity (Wildman–Crippen MR) is 533 cm³/mol. The monoisotopic (exact) mass is 1990 g/mol. The van der Waals surface area contributed by atoms with Crippen LogP contribution in [0.25, 0.3) is 0 Å². The van der Waals surface area contributed by atoms with E-state index in [1.165, 1.54) is 36.4 Å². The van der Waals surface area contributed by atoms with E-state index in [1.807, 2.05) is 97.1 Å². The number of allylic oxidation sites excluding steroid dienone is 1. The summed E-state index contributed by atoms with van der Waals surface area (Å²) in [5.41, 5.74) is 0.636. The molecule has 6 aromatic carbocycles. The standard InChI is InChI=1S/C28H33N3O6.C27H33N3O6.2C27H31N3O6/c1-27(14-13-23(32)31-27)26(35)30-22(16-19-9-11-20(36-3)12-10-19)25(34)29-21(24(33)28(2)17-37-28)15-18-7-5-4-6-8-18;2*1-27(16-36-27)24(32)21(14-17-6-3-4-7-17)29-26(34)22(15-18-10-12-19(35-2)13-11-18)30-25(33)20-8-5-9-23(31)28-20;1-27(16-36-27)24(32)21(14-17-6-4-3-5-7-17)29-26(34)22(15-18-8-10-19(35-2)11-9-18)30-25(33)20-12-13-23(31)28-20/h4-12,21-22H,13-17H2,1-3H3,(H,29,34)(H,30,35)(H,31,32);5,8-13,17,21-22H,3-4,6-7,14-16H2,1-2H3,(H,28,31)(H,29,34)(H,30,33);5-6,8-13,21-22H,3-4,7,14-16H2,1-2H3,(H,28,31)(H,29,34)(H,30,33);3-11,20-22H,12-16H2,1-2H3,(H,28,31)(H,29,34)(H,30,33). The van der Waals surface area contributed by atoms with Gasteiger partial charge < -0.3 is 101 Å². The lowest BCUT2D eigenvalue weighted by atomic mass is 9.90. The number of benzene rings is 6. The van der Waals surface area contributed by atoms with Crippen LogP contribution < -0.4 is 83.2 Å². The van der Waals surface area contributed by atoms with Gasteiger partial charge in [0, 0.05) is 50.7 Å². The van der Waals surface area contributed by atoms with Crippen LogP contribution in [0.15, 0.2) is 215 Å². The highest BCUT2D eigenvalue weighted by Crippen LogP contribution is 2.37. The number of nitrogens with one attached hydrogen (secondary N) is 12. The zero-order chi connectivity index (χ0) is 104. The van der Waals surface area contributed by atoms with E-state index >= 15 is 0 Å². The Hall–Kier alpha value is -14.6. The number of H-pyrrole nitrogens is 2. The van der Waals surface area contributed by atoms with Crippen molar-refractivity contribution in [2.75, 3.05) is 54.9 Å². The van der Waals surface area contributed by atoms with Crippen molar-refractivity contribution in [3.05, 3.63) is 271 Å². The molecule has 8 aliphatic rings. The molecule has 1 saturated carbocycles. The van der Waals surface area contributed by atoms with Gasteiger partial charge in [-0.2, -0.15) is 0 Å². The Kier molecular flexibility index (Phi) is 36.5. The molecule has 8 heterocycles. The Morgan fingerprint density at radius 3 is 1.01 bits per heavy atom. The van der Waals surface area contributed by atoms with Crippen LogP contribution in [0.4, 0.5) is 0 Å². The van der Waals surface area contributed by atoms with Crippen LogP contribution in [0.2, 0.25) is 0 Å². The Morgan fingerprint density at radius 1 is 0.352 bits per heavy atom. The molecule has 36 nitrogen and oxygen atoms in total. The van der Waals surface area contributed by atoms with E-state index in [-0.39, 0.29) is 84.9 Å². The lowest BCUT2D eigenvalue weighted by Crippen LogP contribution is -2.59. The largest absolute Gasteiger partial charge is 0.497 e. The number of Topliss-reactive ketones (excluding diaryl/α,β-unsaturated/α-hetero) is 4. The quantitative estimate of drug-likeness (QED) is 0.0138. The summed E-state index contributed by atoms with van der Waals surface area (Å²) < 4.78 is 42.3. The summed E-state index contributed by atoms with van der Waals surface area (Å²) in [4.78, 5) is 210. The van der Waals surface area contributed by atoms with Crippen molar-refractivity contribution in [2.24, 2.45) is 5.92 Å². The maximum Gasteiger partial charge on any atom is 0.268 e. The fourth-order valence-electron chi connectivity index (χ4n) is 17.7.